The number of aliphatic hydroxyl groups is 1. The smallest absolute Gasteiger partial charge is 0.498 e. The van der Waals surface area contributed by atoms with Gasteiger partial charge in [0.2, 0.25) is 11.6 Å². The van der Waals surface area contributed by atoms with E-state index in [1.54, 1.807) is 66.7 Å². The summed E-state index contributed by atoms with van der Waals surface area (Å²) in [7, 11) is 1.53. The summed E-state index contributed by atoms with van der Waals surface area (Å²) in [6, 6.07) is 3.17. The number of hydrogen-bond donors (Lipinski definition) is 1. The number of carbonyl (C=O) groups excluding carboxylic acids is 4. The fourth-order valence-electron chi connectivity index (χ4n) is 9.26. The number of fused-ring (bicyclic) bond motifs is 4. The first kappa shape index (κ1) is 40.5. The molecule has 13 nitrogen and oxygen atoms in total. The molecule has 2 aliphatic heterocycles. The van der Waals surface area contributed by atoms with E-state index in [1.807, 2.05) is 19.9 Å². The first-order valence-corrected chi connectivity index (χ1v) is 18.4. The van der Waals surface area contributed by atoms with E-state index >= 15 is 4.79 Å². The fraction of sp³-hybridized carbons (Fsp3) is 0.641. The molecule has 53 heavy (non-hydrogen) atoms. The Balaban J connectivity index is 1.73. The number of benzene rings is 1. The first-order valence-electron chi connectivity index (χ1n) is 18.0. The van der Waals surface area contributed by atoms with Gasteiger partial charge in [0, 0.05) is 25.5 Å². The lowest BCUT2D eigenvalue weighted by molar-refractivity contribution is -0.967. The number of allylic oxidation sites excluding steroid dienone is 1. The second-order valence-corrected chi connectivity index (χ2v) is 17.5. The van der Waals surface area contributed by atoms with Gasteiger partial charge in [0.25, 0.3) is 12.3 Å². The molecule has 1 saturated heterocycles. The lowest BCUT2D eigenvalue weighted by Gasteiger charge is -2.56. The number of halogens is 1. The van der Waals surface area contributed by atoms with Crippen LogP contribution < -0.4 is 10.2 Å². The van der Waals surface area contributed by atoms with Gasteiger partial charge in [-0.25, -0.2) is 24.0 Å². The van der Waals surface area contributed by atoms with Gasteiger partial charge < -0.3 is 34.0 Å². The monoisotopic (exact) mass is 760 g/mol. The predicted octanol–water partition coefficient (Wildman–Crippen LogP) is 5.70. The van der Waals surface area contributed by atoms with Crippen molar-refractivity contribution in [3.8, 4) is 0 Å². The number of hydroxylamine groups is 1. The van der Waals surface area contributed by atoms with Crippen LogP contribution in [0.5, 0.6) is 0 Å². The van der Waals surface area contributed by atoms with Crippen LogP contribution in [-0.2, 0) is 39.0 Å². The van der Waals surface area contributed by atoms with Crippen molar-refractivity contribution in [2.24, 2.45) is 17.8 Å². The summed E-state index contributed by atoms with van der Waals surface area (Å²) in [5.41, 5.74) is -4.18. The van der Waals surface area contributed by atoms with Crippen LogP contribution in [0.1, 0.15) is 94.1 Å². The molecule has 1 N–H and O–H groups in total. The summed E-state index contributed by atoms with van der Waals surface area (Å²) in [4.78, 5) is 61.6. The minimum Gasteiger partial charge on any atom is -0.498 e. The lowest BCUT2D eigenvalue weighted by atomic mass is 9.56. The molecule has 4 aliphatic rings. The highest BCUT2D eigenvalue weighted by molar-refractivity contribution is 6.33. The molecule has 0 bridgehead atoms. The van der Waals surface area contributed by atoms with Crippen LogP contribution in [0, 0.1) is 17.8 Å². The maximum absolute atomic E-state index is 15.1. The molecule has 10 atom stereocenters. The molecule has 0 spiro atoms. The number of hydrogen-bond acceptors (Lipinski definition) is 12. The maximum Gasteiger partial charge on any atom is 0.510 e. The quantitative estimate of drug-likeness (QED) is 0.169. The Morgan fingerprint density at radius 3 is 2.28 bits per heavy atom. The number of esters is 2. The van der Waals surface area contributed by atoms with Gasteiger partial charge >= 0.3 is 18.1 Å². The molecule has 1 aromatic rings. The molecular formula is C39H53ClN2O11. The van der Waals surface area contributed by atoms with E-state index in [4.69, 9.17) is 35.4 Å². The third-order valence-corrected chi connectivity index (χ3v) is 11.9. The Morgan fingerprint density at radius 2 is 1.74 bits per heavy atom. The Labute approximate surface area is 316 Å². The Kier molecular flexibility index (Phi) is 10.4. The summed E-state index contributed by atoms with van der Waals surface area (Å²) in [6.45, 7) is 20.6. The van der Waals surface area contributed by atoms with Gasteiger partial charge in [0.1, 0.15) is 11.2 Å². The zero-order valence-corrected chi connectivity index (χ0v) is 33.2. The Hall–Kier alpha value is -3.65. The number of ether oxygens (including phenoxy) is 4. The van der Waals surface area contributed by atoms with Crippen molar-refractivity contribution < 1.29 is 57.7 Å². The van der Waals surface area contributed by atoms with E-state index in [9.17, 15) is 24.6 Å². The van der Waals surface area contributed by atoms with Crippen LogP contribution in [0.25, 0.3) is 0 Å². The predicted molar refractivity (Wildman–Crippen MR) is 192 cm³/mol. The summed E-state index contributed by atoms with van der Waals surface area (Å²) in [5, 5.41) is 28.2. The molecule has 1 aromatic carbocycles. The van der Waals surface area contributed by atoms with Crippen LogP contribution >= 0.6 is 11.6 Å². The van der Waals surface area contributed by atoms with E-state index in [2.05, 4.69) is 6.58 Å². The topological polar surface area (TPSA) is 161 Å². The number of quaternary nitrogens is 1. The third-order valence-electron chi connectivity index (χ3n) is 11.6. The van der Waals surface area contributed by atoms with Crippen LogP contribution in [0.2, 0.25) is 5.02 Å². The van der Waals surface area contributed by atoms with Crippen LogP contribution in [0.3, 0.4) is 0 Å². The molecule has 2 fully saturated rings. The van der Waals surface area contributed by atoms with Crippen molar-refractivity contribution in [1.82, 2.24) is 0 Å². The van der Waals surface area contributed by atoms with Crippen molar-refractivity contribution in [2.75, 3.05) is 12.1 Å². The first-order chi connectivity index (χ1) is 24.3. The third kappa shape index (κ3) is 6.40. The summed E-state index contributed by atoms with van der Waals surface area (Å²) < 4.78 is 22.7. The summed E-state index contributed by atoms with van der Waals surface area (Å²) in [6.07, 6.45) is -4.47. The number of amides is 1. The standard InChI is InChI=1S/C39H53ClN2O11/c1-20(2)24-17-16-22(4)39(48)26(24)18-21(3)30(49-23(5)43)31(39)50-32(44)28-19-38(52-35(47)51-37(9,10)11)25-14-13-15-27(40)29(25)41(12)53-33(38)42(28,34(45)46)36(6,7)8/h13-15,18,22,24,26,28,30-31,33,48H,1,16-17,19H2,2-12H3/t22-,24+,26+,28+,30?,31+,33-,38-,39-,42?/m1/s1. The number of anilines is 1. The highest BCUT2D eigenvalue weighted by atomic mass is 35.5. The number of likely N-dealkylation sites (tertiary alicyclic amines) is 1. The number of para-hydroxylation sites is 1. The molecule has 1 saturated carbocycles. The van der Waals surface area contributed by atoms with Gasteiger partial charge in [0.05, 0.1) is 22.7 Å². The minimum atomic E-state index is -1.99. The molecule has 0 aromatic heterocycles. The largest absolute Gasteiger partial charge is 0.510 e. The molecule has 2 aliphatic carbocycles. The number of nitrogens with zero attached hydrogens (tertiary/aromatic N) is 2. The number of carboxylic acid groups (broad SMARTS) is 1. The minimum absolute atomic E-state index is 0.177. The second-order valence-electron chi connectivity index (χ2n) is 17.1. The Morgan fingerprint density at radius 1 is 1.09 bits per heavy atom. The average molecular weight is 761 g/mol. The molecule has 2 unspecified atom stereocenters. The second kappa shape index (κ2) is 13.6. The number of carbonyl (C=O) groups is 4. The van der Waals surface area contributed by atoms with E-state index in [0.717, 1.165) is 12.0 Å². The zero-order chi connectivity index (χ0) is 39.8. The highest BCUT2D eigenvalue weighted by Crippen LogP contribution is 2.59. The average Bonchev–Trinajstić information content (AvgIpc) is 3.31. The van der Waals surface area contributed by atoms with Crippen molar-refractivity contribution in [2.45, 2.75) is 135 Å². The molecular weight excluding hydrogens is 708 g/mol. The molecule has 292 valence electrons. The SMILES string of the molecule is C=C(C)[C@@H]1CC[C@@H](C)[C@]2(O)[C@@H](OC(=O)[C@@H]3C[C@@]4(OC(=O)OC(C)(C)C)c5cccc(Cl)c5N(C)O[C@H]4[N+]3(C(=O)[O-])C(C)(C)C)C(OC(C)=O)C(C)=C[C@@H]12. The normalized spacial score (nSPS) is 35.2. The Bertz CT molecular complexity index is 1730. The highest BCUT2D eigenvalue weighted by Gasteiger charge is 2.77. The van der Waals surface area contributed by atoms with E-state index in [0.29, 0.717) is 12.0 Å². The van der Waals surface area contributed by atoms with E-state index in [1.165, 1.54) is 19.0 Å². The van der Waals surface area contributed by atoms with Crippen molar-refractivity contribution in [3.63, 3.8) is 0 Å². The van der Waals surface area contributed by atoms with Crippen molar-refractivity contribution >= 4 is 41.5 Å². The maximum atomic E-state index is 15.1. The summed E-state index contributed by atoms with van der Waals surface area (Å²) >= 11 is 6.68. The van der Waals surface area contributed by atoms with Crippen molar-refractivity contribution in [3.05, 3.63) is 52.6 Å². The van der Waals surface area contributed by atoms with Gasteiger partial charge in [-0.2, -0.15) is 0 Å². The van der Waals surface area contributed by atoms with Crippen molar-refractivity contribution in [1.29, 1.82) is 0 Å². The van der Waals surface area contributed by atoms with Gasteiger partial charge in [0.15, 0.2) is 12.2 Å². The van der Waals surface area contributed by atoms with E-state index < -0.39 is 93.7 Å². The zero-order valence-electron chi connectivity index (χ0n) is 32.5. The lowest BCUT2D eigenvalue weighted by Crippen LogP contribution is -2.77. The van der Waals surface area contributed by atoms with Gasteiger partial charge in [-0.15, -0.1) is 0 Å². The van der Waals surface area contributed by atoms with Gasteiger partial charge in [-0.05, 0) is 91.7 Å². The summed E-state index contributed by atoms with van der Waals surface area (Å²) in [5.74, 6) is -2.90. The van der Waals surface area contributed by atoms with E-state index in [-0.39, 0.29) is 22.2 Å². The molecule has 1 amide bonds. The molecule has 2 heterocycles. The van der Waals surface area contributed by atoms with Gasteiger partial charge in [-0.3, -0.25) is 4.79 Å². The fourth-order valence-corrected chi connectivity index (χ4v) is 9.55. The van der Waals surface area contributed by atoms with Gasteiger partial charge in [-0.1, -0.05) is 48.9 Å². The molecule has 0 radical (unpaired) electrons. The van der Waals surface area contributed by atoms with Crippen LogP contribution in [0.4, 0.5) is 15.3 Å². The molecule has 14 heteroatoms. The van der Waals surface area contributed by atoms with Crippen LogP contribution in [0.15, 0.2) is 42.0 Å². The number of rotatable bonds is 5. The molecule has 5 rings (SSSR count). The van der Waals surface area contributed by atoms with Crippen LogP contribution in [-0.4, -0.2) is 82.0 Å².